The van der Waals surface area contributed by atoms with E-state index < -0.39 is 22.2 Å². The van der Waals surface area contributed by atoms with E-state index in [2.05, 4.69) is 4.72 Å². The molecule has 1 aliphatic heterocycles. The predicted molar refractivity (Wildman–Crippen MR) is 63.8 cm³/mol. The third-order valence-electron chi connectivity index (χ3n) is 3.05. The molecule has 100 valence electrons. The molecular weight excluding hydrogens is 244 g/mol. The predicted octanol–water partition coefficient (Wildman–Crippen LogP) is 0.558. The lowest BCUT2D eigenvalue weighted by Gasteiger charge is -2.32. The highest BCUT2D eigenvalue weighted by molar-refractivity contribution is 7.87. The van der Waals surface area contributed by atoms with Gasteiger partial charge in [-0.1, -0.05) is 13.3 Å². The molecule has 1 rings (SSSR count). The van der Waals surface area contributed by atoms with Crippen LogP contribution < -0.4 is 4.72 Å². The average molecular weight is 264 g/mol. The van der Waals surface area contributed by atoms with Crippen LogP contribution in [0.5, 0.6) is 0 Å². The molecule has 1 fully saturated rings. The zero-order valence-corrected chi connectivity index (χ0v) is 11.0. The Balaban J connectivity index is 2.76. The number of carboxylic acid groups (broad SMARTS) is 1. The second kappa shape index (κ2) is 5.79. The molecule has 0 bridgehead atoms. The number of hydrogen-bond acceptors (Lipinski definition) is 3. The first-order valence-corrected chi connectivity index (χ1v) is 7.34. The van der Waals surface area contributed by atoms with Crippen LogP contribution in [-0.2, 0) is 15.0 Å². The molecule has 0 saturated carbocycles. The largest absolute Gasteiger partial charge is 0.480 e. The molecule has 0 aromatic rings. The van der Waals surface area contributed by atoms with Gasteiger partial charge in [0.1, 0.15) is 6.04 Å². The lowest BCUT2D eigenvalue weighted by molar-refractivity contribution is -0.139. The number of piperidine rings is 1. The molecule has 1 aliphatic rings. The van der Waals surface area contributed by atoms with Gasteiger partial charge in [0.25, 0.3) is 10.2 Å². The first kappa shape index (κ1) is 14.4. The van der Waals surface area contributed by atoms with Gasteiger partial charge in [-0.05, 0) is 26.2 Å². The molecular formula is C10H20N2O4S. The highest BCUT2D eigenvalue weighted by atomic mass is 32.2. The topological polar surface area (TPSA) is 86.7 Å². The van der Waals surface area contributed by atoms with E-state index in [0.717, 1.165) is 19.3 Å². The van der Waals surface area contributed by atoms with Crippen LogP contribution in [0.15, 0.2) is 0 Å². The molecule has 2 atom stereocenters. The molecule has 1 unspecified atom stereocenters. The minimum atomic E-state index is -3.69. The van der Waals surface area contributed by atoms with Crippen molar-refractivity contribution in [3.8, 4) is 0 Å². The minimum Gasteiger partial charge on any atom is -0.480 e. The number of nitrogens with zero attached hydrogens (tertiary/aromatic N) is 1. The summed E-state index contributed by atoms with van der Waals surface area (Å²) in [5.74, 6) is -1.14. The van der Waals surface area contributed by atoms with Crippen molar-refractivity contribution in [2.24, 2.45) is 0 Å². The van der Waals surface area contributed by atoms with Crippen LogP contribution in [0.4, 0.5) is 0 Å². The fourth-order valence-electron chi connectivity index (χ4n) is 1.98. The van der Waals surface area contributed by atoms with Crippen molar-refractivity contribution in [3.05, 3.63) is 0 Å². The monoisotopic (exact) mass is 264 g/mol. The number of rotatable bonds is 5. The maximum absolute atomic E-state index is 12.0. The van der Waals surface area contributed by atoms with Crippen LogP contribution >= 0.6 is 0 Å². The van der Waals surface area contributed by atoms with Crippen LogP contribution in [0.25, 0.3) is 0 Å². The summed E-state index contributed by atoms with van der Waals surface area (Å²) < 4.78 is 27.6. The summed E-state index contributed by atoms with van der Waals surface area (Å²) >= 11 is 0. The Morgan fingerprint density at radius 3 is 2.65 bits per heavy atom. The van der Waals surface area contributed by atoms with E-state index in [0.29, 0.717) is 6.54 Å². The molecule has 1 heterocycles. The summed E-state index contributed by atoms with van der Waals surface area (Å²) in [5, 5.41) is 8.86. The standard InChI is InChI=1S/C10H20N2O4S/c1-3-9(10(13)14)11-17(15,16)12-7-5-4-6-8(12)2/h8-9,11H,3-7H2,1-2H3,(H,13,14)/t8?,9-/m0/s1. The second-order valence-corrected chi connectivity index (χ2v) is 6.03. The molecule has 0 aromatic carbocycles. The summed E-state index contributed by atoms with van der Waals surface area (Å²) in [6.07, 6.45) is 2.90. The Kier molecular flexibility index (Phi) is 4.91. The van der Waals surface area contributed by atoms with Gasteiger partial charge in [0.15, 0.2) is 0 Å². The van der Waals surface area contributed by atoms with Crippen LogP contribution in [0, 0.1) is 0 Å². The molecule has 2 N–H and O–H groups in total. The van der Waals surface area contributed by atoms with E-state index in [1.807, 2.05) is 6.92 Å². The van der Waals surface area contributed by atoms with Crippen molar-refractivity contribution in [1.82, 2.24) is 9.03 Å². The van der Waals surface area contributed by atoms with Crippen LogP contribution in [0.1, 0.15) is 39.5 Å². The lowest BCUT2D eigenvalue weighted by Crippen LogP contribution is -2.52. The third kappa shape index (κ3) is 3.65. The quantitative estimate of drug-likeness (QED) is 0.759. The van der Waals surface area contributed by atoms with E-state index in [1.165, 1.54) is 4.31 Å². The Hall–Kier alpha value is -0.660. The van der Waals surface area contributed by atoms with Crippen LogP contribution in [0.3, 0.4) is 0 Å². The summed E-state index contributed by atoms with van der Waals surface area (Å²) in [6, 6.07) is -1.11. The Morgan fingerprint density at radius 2 is 2.18 bits per heavy atom. The van der Waals surface area contributed by atoms with Crippen molar-refractivity contribution < 1.29 is 18.3 Å². The van der Waals surface area contributed by atoms with Gasteiger partial charge in [-0.25, -0.2) is 0 Å². The Morgan fingerprint density at radius 1 is 1.53 bits per heavy atom. The second-order valence-electron chi connectivity index (χ2n) is 4.38. The Bertz CT molecular complexity index is 369. The van der Waals surface area contributed by atoms with Gasteiger partial charge in [0.05, 0.1) is 0 Å². The molecule has 17 heavy (non-hydrogen) atoms. The van der Waals surface area contributed by atoms with Gasteiger partial charge >= 0.3 is 5.97 Å². The highest BCUT2D eigenvalue weighted by Crippen LogP contribution is 2.19. The third-order valence-corrected chi connectivity index (χ3v) is 4.79. The maximum atomic E-state index is 12.0. The van der Waals surface area contributed by atoms with E-state index in [4.69, 9.17) is 5.11 Å². The normalized spacial score (nSPS) is 24.5. The van der Waals surface area contributed by atoms with Gasteiger partial charge in [-0.2, -0.15) is 17.4 Å². The number of aliphatic carboxylic acids is 1. The van der Waals surface area contributed by atoms with Crippen molar-refractivity contribution >= 4 is 16.2 Å². The van der Waals surface area contributed by atoms with Gasteiger partial charge < -0.3 is 5.11 Å². The van der Waals surface area contributed by atoms with Crippen LogP contribution in [-0.4, -0.2) is 42.4 Å². The van der Waals surface area contributed by atoms with E-state index in [-0.39, 0.29) is 12.5 Å². The van der Waals surface area contributed by atoms with Gasteiger partial charge in [-0.15, -0.1) is 0 Å². The van der Waals surface area contributed by atoms with E-state index in [1.54, 1.807) is 6.92 Å². The smallest absolute Gasteiger partial charge is 0.321 e. The van der Waals surface area contributed by atoms with Gasteiger partial charge in [-0.3, -0.25) is 4.79 Å². The summed E-state index contributed by atoms with van der Waals surface area (Å²) in [5.41, 5.74) is 0. The molecule has 0 spiro atoms. The summed E-state index contributed by atoms with van der Waals surface area (Å²) in [6.45, 7) is 3.95. The number of nitrogens with one attached hydrogen (secondary N) is 1. The highest BCUT2D eigenvalue weighted by Gasteiger charge is 2.32. The summed E-state index contributed by atoms with van der Waals surface area (Å²) in [4.78, 5) is 10.8. The molecule has 0 aromatic heterocycles. The van der Waals surface area contributed by atoms with Gasteiger partial charge in [0, 0.05) is 12.6 Å². The first-order valence-electron chi connectivity index (χ1n) is 5.90. The first-order chi connectivity index (χ1) is 7.88. The van der Waals surface area contributed by atoms with Crippen molar-refractivity contribution in [2.45, 2.75) is 51.6 Å². The van der Waals surface area contributed by atoms with Crippen molar-refractivity contribution in [2.75, 3.05) is 6.54 Å². The van der Waals surface area contributed by atoms with Crippen LogP contribution in [0.2, 0.25) is 0 Å². The SMILES string of the molecule is CC[C@H](NS(=O)(=O)N1CCCCC1C)C(=O)O. The fraction of sp³-hybridized carbons (Fsp3) is 0.900. The number of hydrogen-bond donors (Lipinski definition) is 2. The zero-order valence-electron chi connectivity index (χ0n) is 10.2. The molecule has 0 amide bonds. The van der Waals surface area contributed by atoms with Crippen molar-refractivity contribution in [3.63, 3.8) is 0 Å². The minimum absolute atomic E-state index is 0.0625. The van der Waals surface area contributed by atoms with Gasteiger partial charge in [0.2, 0.25) is 0 Å². The fourth-order valence-corrected chi connectivity index (χ4v) is 3.70. The number of carboxylic acids is 1. The zero-order chi connectivity index (χ0) is 13.1. The molecule has 0 radical (unpaired) electrons. The molecule has 1 saturated heterocycles. The Labute approximate surface area is 102 Å². The summed E-state index contributed by atoms with van der Waals surface area (Å²) in [7, 11) is -3.69. The lowest BCUT2D eigenvalue weighted by atomic mass is 10.1. The van der Waals surface area contributed by atoms with E-state index in [9.17, 15) is 13.2 Å². The molecule has 0 aliphatic carbocycles. The van der Waals surface area contributed by atoms with E-state index >= 15 is 0 Å². The van der Waals surface area contributed by atoms with Crippen molar-refractivity contribution in [1.29, 1.82) is 0 Å². The number of carbonyl (C=O) groups is 1. The maximum Gasteiger partial charge on any atom is 0.321 e. The molecule has 7 heteroatoms. The average Bonchev–Trinajstić information content (AvgIpc) is 2.26. The molecule has 6 nitrogen and oxygen atoms in total.